The lowest BCUT2D eigenvalue weighted by atomic mass is 10.1. The van der Waals surface area contributed by atoms with E-state index in [1.165, 1.54) is 16.8 Å². The molecule has 27 heavy (non-hydrogen) atoms. The van der Waals surface area contributed by atoms with Crippen LogP contribution in [0.5, 0.6) is 0 Å². The van der Waals surface area contributed by atoms with Crippen molar-refractivity contribution < 1.29 is 9.59 Å². The molecule has 0 aliphatic carbocycles. The third kappa shape index (κ3) is 5.47. The van der Waals surface area contributed by atoms with E-state index in [4.69, 9.17) is 0 Å². The smallest absolute Gasteiger partial charge is 0.312 e. The van der Waals surface area contributed by atoms with Gasteiger partial charge in [0.15, 0.2) is 0 Å². The minimum absolute atomic E-state index is 0.349. The van der Waals surface area contributed by atoms with Gasteiger partial charge in [-0.05, 0) is 42.9 Å². The largest absolute Gasteiger partial charge is 0.368 e. The van der Waals surface area contributed by atoms with Crippen LogP contribution in [0.2, 0.25) is 0 Å². The Morgan fingerprint density at radius 2 is 1.52 bits per heavy atom. The fourth-order valence-corrected chi connectivity index (χ4v) is 3.62. The van der Waals surface area contributed by atoms with Gasteiger partial charge in [0.2, 0.25) is 0 Å². The number of piperazine rings is 1. The highest BCUT2D eigenvalue weighted by molar-refractivity contribution is 6.34. The van der Waals surface area contributed by atoms with Crippen molar-refractivity contribution in [2.24, 2.45) is 11.8 Å². The molecular weight excluding hydrogens is 338 g/mol. The van der Waals surface area contributed by atoms with E-state index in [2.05, 4.69) is 64.6 Å². The van der Waals surface area contributed by atoms with Crippen LogP contribution in [0.4, 0.5) is 5.69 Å². The summed E-state index contributed by atoms with van der Waals surface area (Å²) in [4.78, 5) is 31.3. The van der Waals surface area contributed by atoms with Gasteiger partial charge in [-0.3, -0.25) is 9.59 Å². The number of amides is 2. The average Bonchev–Trinajstić information content (AvgIpc) is 2.61. The van der Waals surface area contributed by atoms with E-state index in [9.17, 15) is 9.59 Å². The van der Waals surface area contributed by atoms with E-state index in [1.807, 2.05) is 0 Å². The molecule has 5 heteroatoms. The first-order valence-corrected chi connectivity index (χ1v) is 10.1. The first-order valence-electron chi connectivity index (χ1n) is 10.1. The Morgan fingerprint density at radius 1 is 0.963 bits per heavy atom. The van der Waals surface area contributed by atoms with Crippen molar-refractivity contribution in [2.75, 3.05) is 44.2 Å². The van der Waals surface area contributed by atoms with Gasteiger partial charge in [-0.1, -0.05) is 39.8 Å². The van der Waals surface area contributed by atoms with Crippen molar-refractivity contribution in [1.29, 1.82) is 0 Å². The summed E-state index contributed by atoms with van der Waals surface area (Å²) in [5.74, 6) is -0.00205. The molecule has 0 radical (unpaired) electrons. The van der Waals surface area contributed by atoms with Crippen LogP contribution < -0.4 is 4.90 Å². The zero-order chi connectivity index (χ0) is 20.1. The molecule has 1 aromatic carbocycles. The summed E-state index contributed by atoms with van der Waals surface area (Å²) in [5.41, 5.74) is 3.79. The maximum atomic E-state index is 12.8. The highest BCUT2D eigenvalue weighted by Crippen LogP contribution is 2.24. The van der Waals surface area contributed by atoms with Gasteiger partial charge in [0, 0.05) is 45.0 Å². The number of nitrogens with zero attached hydrogens (tertiary/aromatic N) is 3. The summed E-state index contributed by atoms with van der Waals surface area (Å²) in [5, 5.41) is 0. The Balaban J connectivity index is 2.00. The number of hydrogen-bond acceptors (Lipinski definition) is 3. The van der Waals surface area contributed by atoms with Crippen molar-refractivity contribution in [2.45, 2.75) is 41.5 Å². The first kappa shape index (κ1) is 21.3. The van der Waals surface area contributed by atoms with E-state index in [0.29, 0.717) is 38.0 Å². The number of benzene rings is 1. The second-order valence-electron chi connectivity index (χ2n) is 8.50. The number of rotatable bonds is 5. The van der Waals surface area contributed by atoms with Crippen LogP contribution in [0.25, 0.3) is 0 Å². The van der Waals surface area contributed by atoms with Crippen LogP contribution in [0.15, 0.2) is 18.2 Å². The molecule has 0 N–H and O–H groups in total. The van der Waals surface area contributed by atoms with E-state index in [0.717, 1.165) is 13.1 Å². The minimum Gasteiger partial charge on any atom is -0.368 e. The van der Waals surface area contributed by atoms with Crippen molar-refractivity contribution in [3.63, 3.8) is 0 Å². The zero-order valence-corrected chi connectivity index (χ0v) is 17.8. The molecule has 2 amide bonds. The van der Waals surface area contributed by atoms with Crippen LogP contribution in [-0.2, 0) is 9.59 Å². The maximum absolute atomic E-state index is 12.8. The molecule has 1 fully saturated rings. The second kappa shape index (κ2) is 9.25. The predicted octanol–water partition coefficient (Wildman–Crippen LogP) is 3.09. The van der Waals surface area contributed by atoms with E-state index >= 15 is 0 Å². The Morgan fingerprint density at radius 3 is 2.04 bits per heavy atom. The number of aryl methyl sites for hydroxylation is 1. The van der Waals surface area contributed by atoms with Crippen molar-refractivity contribution in [3.8, 4) is 0 Å². The fraction of sp³-hybridized carbons (Fsp3) is 0.636. The maximum Gasteiger partial charge on any atom is 0.312 e. The SMILES string of the molecule is Cc1cccc(N2CCN(C(=O)C(=O)N(CC(C)C)CC(C)C)CC2)c1C. The summed E-state index contributed by atoms with van der Waals surface area (Å²) in [6.07, 6.45) is 0. The van der Waals surface area contributed by atoms with Crippen molar-refractivity contribution >= 4 is 17.5 Å². The third-order valence-electron chi connectivity index (χ3n) is 5.12. The zero-order valence-electron chi connectivity index (χ0n) is 17.8. The molecule has 150 valence electrons. The molecule has 0 bridgehead atoms. The second-order valence-corrected chi connectivity index (χ2v) is 8.50. The van der Waals surface area contributed by atoms with Crippen LogP contribution in [0.3, 0.4) is 0 Å². The lowest BCUT2D eigenvalue weighted by Gasteiger charge is -2.37. The van der Waals surface area contributed by atoms with Crippen molar-refractivity contribution in [3.05, 3.63) is 29.3 Å². The molecule has 2 rings (SSSR count). The number of hydrogen-bond donors (Lipinski definition) is 0. The van der Waals surface area contributed by atoms with Crippen molar-refractivity contribution in [1.82, 2.24) is 9.80 Å². The van der Waals surface area contributed by atoms with Gasteiger partial charge in [0.25, 0.3) is 0 Å². The van der Waals surface area contributed by atoms with Gasteiger partial charge < -0.3 is 14.7 Å². The summed E-state index contributed by atoms with van der Waals surface area (Å²) in [6, 6.07) is 6.34. The Labute approximate surface area is 164 Å². The van der Waals surface area contributed by atoms with Crippen LogP contribution in [0.1, 0.15) is 38.8 Å². The van der Waals surface area contributed by atoms with E-state index < -0.39 is 0 Å². The van der Waals surface area contributed by atoms with E-state index in [1.54, 1.807) is 9.80 Å². The van der Waals surface area contributed by atoms with Gasteiger partial charge in [-0.25, -0.2) is 0 Å². The molecule has 1 heterocycles. The Kier molecular flexibility index (Phi) is 7.28. The highest BCUT2D eigenvalue weighted by Gasteiger charge is 2.30. The molecule has 1 aromatic rings. The molecule has 1 saturated heterocycles. The lowest BCUT2D eigenvalue weighted by molar-refractivity contribution is -0.152. The van der Waals surface area contributed by atoms with Gasteiger partial charge >= 0.3 is 11.8 Å². The molecule has 0 spiro atoms. The van der Waals surface area contributed by atoms with Crippen LogP contribution in [-0.4, -0.2) is 60.9 Å². The number of anilines is 1. The number of carbonyl (C=O) groups excluding carboxylic acids is 2. The molecule has 0 unspecified atom stereocenters. The number of carbonyl (C=O) groups is 2. The predicted molar refractivity (Wildman–Crippen MR) is 111 cm³/mol. The molecule has 5 nitrogen and oxygen atoms in total. The standard InChI is InChI=1S/C22H35N3O2/c1-16(2)14-25(15-17(3)4)22(27)21(26)24-12-10-23(11-13-24)20-9-7-8-18(5)19(20)6/h7-9,16-17H,10-15H2,1-6H3. The topological polar surface area (TPSA) is 43.9 Å². The summed E-state index contributed by atoms with van der Waals surface area (Å²) < 4.78 is 0. The quantitative estimate of drug-likeness (QED) is 0.745. The fourth-order valence-electron chi connectivity index (χ4n) is 3.62. The van der Waals surface area contributed by atoms with E-state index in [-0.39, 0.29) is 11.8 Å². The lowest BCUT2D eigenvalue weighted by Crippen LogP contribution is -2.54. The van der Waals surface area contributed by atoms with Crippen LogP contribution >= 0.6 is 0 Å². The summed E-state index contributed by atoms with van der Waals surface area (Å²) >= 11 is 0. The summed E-state index contributed by atoms with van der Waals surface area (Å²) in [6.45, 7) is 16.5. The Hall–Kier alpha value is -2.04. The van der Waals surface area contributed by atoms with Gasteiger partial charge in [0.05, 0.1) is 0 Å². The molecular formula is C22H35N3O2. The normalized spacial score (nSPS) is 14.8. The molecule has 0 atom stereocenters. The molecule has 0 saturated carbocycles. The molecule has 1 aliphatic rings. The summed E-state index contributed by atoms with van der Waals surface area (Å²) in [7, 11) is 0. The third-order valence-corrected chi connectivity index (χ3v) is 5.12. The Bertz CT molecular complexity index is 652. The minimum atomic E-state index is -0.350. The molecule has 0 aromatic heterocycles. The molecule has 1 aliphatic heterocycles. The van der Waals surface area contributed by atoms with Gasteiger partial charge in [0.1, 0.15) is 0 Å². The highest BCUT2D eigenvalue weighted by atomic mass is 16.2. The monoisotopic (exact) mass is 373 g/mol. The van der Waals surface area contributed by atoms with Gasteiger partial charge in [-0.15, -0.1) is 0 Å². The first-order chi connectivity index (χ1) is 12.7. The van der Waals surface area contributed by atoms with Crippen LogP contribution in [0, 0.1) is 25.7 Å². The van der Waals surface area contributed by atoms with Gasteiger partial charge in [-0.2, -0.15) is 0 Å². The average molecular weight is 374 g/mol.